The average Bonchev–Trinajstić information content (AvgIpc) is 3.21. The van der Waals surface area contributed by atoms with Crippen molar-refractivity contribution in [2.24, 2.45) is 5.92 Å². The number of furan rings is 1. The van der Waals surface area contributed by atoms with E-state index in [2.05, 4.69) is 17.6 Å². The van der Waals surface area contributed by atoms with Crippen molar-refractivity contribution in [1.29, 1.82) is 0 Å². The molecule has 0 saturated carbocycles. The molecule has 2 aromatic rings. The summed E-state index contributed by atoms with van der Waals surface area (Å²) in [6.07, 6.45) is 3.50. The molecule has 0 bridgehead atoms. The maximum atomic E-state index is 12.8. The van der Waals surface area contributed by atoms with Gasteiger partial charge in [-0.2, -0.15) is 0 Å². The number of piperidine rings is 1. The highest BCUT2D eigenvalue weighted by atomic mass is 35.5. The summed E-state index contributed by atoms with van der Waals surface area (Å²) in [5, 5.41) is 6.14. The Kier molecular flexibility index (Phi) is 7.88. The van der Waals surface area contributed by atoms with E-state index in [1.807, 2.05) is 4.90 Å². The first kappa shape index (κ1) is 21.0. The number of hydrogen-bond acceptors (Lipinski definition) is 4. The molecule has 27 heavy (non-hydrogen) atoms. The van der Waals surface area contributed by atoms with Crippen LogP contribution in [-0.4, -0.2) is 42.9 Å². The molecular formula is C20H26ClN3O3. The van der Waals surface area contributed by atoms with Crippen LogP contribution in [0, 0.1) is 5.92 Å². The van der Waals surface area contributed by atoms with Crippen molar-refractivity contribution in [2.75, 3.05) is 31.5 Å². The standard InChI is InChI=1S/C20H25N3O3.ClH/c1-2-21-14-15-8-10-23(11-9-15)20(25)16-5-3-6-17(13-16)22-19(24)18-7-4-12-26-18;/h3-7,12-13,15,21H,2,8-11,14H2,1H3,(H,22,24);1H. The van der Waals surface area contributed by atoms with Gasteiger partial charge < -0.3 is 20.0 Å². The quantitative estimate of drug-likeness (QED) is 0.791. The van der Waals surface area contributed by atoms with Crippen LogP contribution in [-0.2, 0) is 0 Å². The summed E-state index contributed by atoms with van der Waals surface area (Å²) in [4.78, 5) is 26.7. The minimum Gasteiger partial charge on any atom is -0.459 e. The van der Waals surface area contributed by atoms with Gasteiger partial charge in [-0.15, -0.1) is 12.4 Å². The van der Waals surface area contributed by atoms with Gasteiger partial charge in [0.15, 0.2) is 5.76 Å². The highest BCUT2D eigenvalue weighted by Crippen LogP contribution is 2.20. The molecule has 1 aromatic carbocycles. The topological polar surface area (TPSA) is 74.6 Å². The Balaban J connectivity index is 0.00000261. The van der Waals surface area contributed by atoms with Crippen LogP contribution >= 0.6 is 12.4 Å². The molecule has 6 nitrogen and oxygen atoms in total. The normalized spacial score (nSPS) is 14.5. The Morgan fingerprint density at radius 1 is 1.19 bits per heavy atom. The second-order valence-electron chi connectivity index (χ2n) is 6.56. The number of nitrogens with zero attached hydrogens (tertiary/aromatic N) is 1. The molecule has 1 aliphatic heterocycles. The molecule has 0 radical (unpaired) electrons. The largest absolute Gasteiger partial charge is 0.459 e. The molecule has 1 aromatic heterocycles. The van der Waals surface area contributed by atoms with Gasteiger partial charge in [-0.25, -0.2) is 0 Å². The predicted molar refractivity (Wildman–Crippen MR) is 108 cm³/mol. The van der Waals surface area contributed by atoms with Gasteiger partial charge in [0.05, 0.1) is 6.26 Å². The third-order valence-electron chi connectivity index (χ3n) is 4.70. The molecule has 1 aliphatic rings. The number of likely N-dealkylation sites (tertiary alicyclic amines) is 1. The van der Waals surface area contributed by atoms with Crippen LogP contribution in [0.1, 0.15) is 40.7 Å². The smallest absolute Gasteiger partial charge is 0.291 e. The van der Waals surface area contributed by atoms with Gasteiger partial charge in [0, 0.05) is 24.3 Å². The number of amides is 2. The zero-order valence-corrected chi connectivity index (χ0v) is 16.3. The summed E-state index contributed by atoms with van der Waals surface area (Å²) in [5.41, 5.74) is 1.17. The van der Waals surface area contributed by atoms with Crippen LogP contribution < -0.4 is 10.6 Å². The zero-order valence-electron chi connectivity index (χ0n) is 15.4. The molecule has 7 heteroatoms. The van der Waals surface area contributed by atoms with Gasteiger partial charge >= 0.3 is 0 Å². The summed E-state index contributed by atoms with van der Waals surface area (Å²) in [6.45, 7) is 5.66. The highest BCUT2D eigenvalue weighted by Gasteiger charge is 2.23. The van der Waals surface area contributed by atoms with E-state index in [-0.39, 0.29) is 30.0 Å². The monoisotopic (exact) mass is 391 g/mol. The maximum Gasteiger partial charge on any atom is 0.291 e. The lowest BCUT2D eigenvalue weighted by molar-refractivity contribution is 0.0690. The summed E-state index contributed by atoms with van der Waals surface area (Å²) >= 11 is 0. The lowest BCUT2D eigenvalue weighted by atomic mass is 9.96. The lowest BCUT2D eigenvalue weighted by Crippen LogP contribution is -2.40. The van der Waals surface area contributed by atoms with E-state index >= 15 is 0 Å². The number of rotatable bonds is 6. The van der Waals surface area contributed by atoms with Crippen molar-refractivity contribution in [2.45, 2.75) is 19.8 Å². The van der Waals surface area contributed by atoms with Crippen LogP contribution in [0.4, 0.5) is 5.69 Å². The van der Waals surface area contributed by atoms with Gasteiger partial charge in [0.2, 0.25) is 0 Å². The van der Waals surface area contributed by atoms with E-state index in [1.54, 1.807) is 36.4 Å². The van der Waals surface area contributed by atoms with E-state index < -0.39 is 0 Å². The SMILES string of the molecule is CCNCC1CCN(C(=O)c2cccc(NC(=O)c3ccco3)c2)CC1.Cl. The van der Waals surface area contributed by atoms with Gasteiger partial charge in [-0.1, -0.05) is 13.0 Å². The van der Waals surface area contributed by atoms with E-state index in [1.165, 1.54) is 6.26 Å². The number of anilines is 1. The van der Waals surface area contributed by atoms with E-state index in [0.29, 0.717) is 17.2 Å². The first-order chi connectivity index (χ1) is 12.7. The number of benzene rings is 1. The van der Waals surface area contributed by atoms with Crippen LogP contribution in [0.15, 0.2) is 47.1 Å². The molecule has 2 heterocycles. The molecule has 146 valence electrons. The third kappa shape index (κ3) is 5.58. The molecule has 0 aliphatic carbocycles. The number of carbonyl (C=O) groups is 2. The van der Waals surface area contributed by atoms with Crippen molar-refractivity contribution in [1.82, 2.24) is 10.2 Å². The fraction of sp³-hybridized carbons (Fsp3) is 0.400. The van der Waals surface area contributed by atoms with E-state index in [9.17, 15) is 9.59 Å². The van der Waals surface area contributed by atoms with E-state index in [0.717, 1.165) is 39.0 Å². The number of nitrogens with one attached hydrogen (secondary N) is 2. The number of halogens is 1. The Morgan fingerprint density at radius 3 is 2.63 bits per heavy atom. The molecule has 0 unspecified atom stereocenters. The second-order valence-corrected chi connectivity index (χ2v) is 6.56. The predicted octanol–water partition coefficient (Wildman–Crippen LogP) is 3.42. The second kappa shape index (κ2) is 10.1. The van der Waals surface area contributed by atoms with Crippen molar-refractivity contribution in [3.05, 3.63) is 54.0 Å². The van der Waals surface area contributed by atoms with Crippen molar-refractivity contribution in [3.63, 3.8) is 0 Å². The van der Waals surface area contributed by atoms with Gasteiger partial charge in [0.1, 0.15) is 0 Å². The first-order valence-corrected chi connectivity index (χ1v) is 9.12. The molecule has 2 N–H and O–H groups in total. The highest BCUT2D eigenvalue weighted by molar-refractivity contribution is 6.03. The number of carbonyl (C=O) groups excluding carboxylic acids is 2. The minimum absolute atomic E-state index is 0. The van der Waals surface area contributed by atoms with Gasteiger partial charge in [-0.05, 0) is 62.2 Å². The van der Waals surface area contributed by atoms with Crippen molar-refractivity contribution < 1.29 is 14.0 Å². The molecular weight excluding hydrogens is 366 g/mol. The van der Waals surface area contributed by atoms with Gasteiger partial charge in [0.25, 0.3) is 11.8 Å². The molecule has 0 atom stereocenters. The average molecular weight is 392 g/mol. The Morgan fingerprint density at radius 2 is 1.96 bits per heavy atom. The van der Waals surface area contributed by atoms with Crippen LogP contribution in [0.2, 0.25) is 0 Å². The van der Waals surface area contributed by atoms with Crippen molar-refractivity contribution in [3.8, 4) is 0 Å². The van der Waals surface area contributed by atoms with Crippen molar-refractivity contribution >= 4 is 29.9 Å². The summed E-state index contributed by atoms with van der Waals surface area (Å²) < 4.78 is 5.09. The Bertz CT molecular complexity index is 741. The first-order valence-electron chi connectivity index (χ1n) is 9.12. The lowest BCUT2D eigenvalue weighted by Gasteiger charge is -2.32. The number of hydrogen-bond donors (Lipinski definition) is 2. The Hall–Kier alpha value is -2.31. The fourth-order valence-corrected chi connectivity index (χ4v) is 3.20. The molecule has 2 amide bonds. The zero-order chi connectivity index (χ0) is 18.4. The van der Waals surface area contributed by atoms with Crippen LogP contribution in [0.5, 0.6) is 0 Å². The minimum atomic E-state index is -0.330. The maximum absolute atomic E-state index is 12.8. The summed E-state index contributed by atoms with van der Waals surface area (Å²) in [5.74, 6) is 0.562. The molecule has 1 saturated heterocycles. The Labute approximate surface area is 165 Å². The molecule has 1 fully saturated rings. The van der Waals surface area contributed by atoms with E-state index in [4.69, 9.17) is 4.42 Å². The third-order valence-corrected chi connectivity index (χ3v) is 4.70. The van der Waals surface area contributed by atoms with Crippen LogP contribution in [0.3, 0.4) is 0 Å². The molecule has 0 spiro atoms. The molecule has 3 rings (SSSR count). The fourth-order valence-electron chi connectivity index (χ4n) is 3.20. The van der Waals surface area contributed by atoms with Gasteiger partial charge in [-0.3, -0.25) is 9.59 Å². The summed E-state index contributed by atoms with van der Waals surface area (Å²) in [7, 11) is 0. The summed E-state index contributed by atoms with van der Waals surface area (Å²) in [6, 6.07) is 10.3. The van der Waals surface area contributed by atoms with Crippen LogP contribution in [0.25, 0.3) is 0 Å².